The average molecular weight is 373 g/mol. The van der Waals surface area contributed by atoms with Crippen LogP contribution in [-0.4, -0.2) is 10.9 Å². The molecule has 0 bridgehead atoms. The zero-order valence-electron chi connectivity index (χ0n) is 11.0. The van der Waals surface area contributed by atoms with E-state index < -0.39 is 24.0 Å². The van der Waals surface area contributed by atoms with Crippen molar-refractivity contribution in [2.24, 2.45) is 5.84 Å². The number of nitrogens with one attached hydrogen (secondary N) is 3. The molecular weight excluding hydrogens is 362 g/mol. The highest BCUT2D eigenvalue weighted by Gasteiger charge is 2.18. The molecule has 0 saturated heterocycles. The highest BCUT2D eigenvalue weighted by molar-refractivity contribution is 9.10. The Bertz CT molecular complexity index is 779. The molecule has 5 N–H and O–H groups in total. The van der Waals surface area contributed by atoms with Gasteiger partial charge < -0.3 is 10.3 Å². The lowest BCUT2D eigenvalue weighted by Crippen LogP contribution is -2.32. The summed E-state index contributed by atoms with van der Waals surface area (Å²) in [6.45, 7) is -1.14. The molecule has 2 rings (SSSR count). The van der Waals surface area contributed by atoms with Crippen LogP contribution >= 0.6 is 15.9 Å². The van der Waals surface area contributed by atoms with Gasteiger partial charge in [-0.15, -0.1) is 0 Å². The molecule has 0 atom stereocenters. The van der Waals surface area contributed by atoms with Gasteiger partial charge in [-0.3, -0.25) is 15.0 Å². The first kappa shape index (κ1) is 16.1. The fourth-order valence-electron chi connectivity index (χ4n) is 1.83. The summed E-state index contributed by atoms with van der Waals surface area (Å²) in [6, 6.07) is 4.12. The SMILES string of the molecule is NNC(=O)c1c[nH]c(=O)c(CF)c1Nc1ccc(Br)cc1F. The molecule has 0 radical (unpaired) electrons. The van der Waals surface area contributed by atoms with Gasteiger partial charge in [-0.05, 0) is 18.2 Å². The minimum absolute atomic E-state index is 0.0189. The second kappa shape index (κ2) is 6.67. The molecular formula is C13H11BrF2N4O2. The second-order valence-electron chi connectivity index (χ2n) is 4.24. The van der Waals surface area contributed by atoms with Crippen molar-refractivity contribution in [1.82, 2.24) is 10.4 Å². The van der Waals surface area contributed by atoms with Gasteiger partial charge in [-0.1, -0.05) is 15.9 Å². The van der Waals surface area contributed by atoms with Gasteiger partial charge in [-0.2, -0.15) is 0 Å². The van der Waals surface area contributed by atoms with Gasteiger partial charge in [0.05, 0.1) is 22.5 Å². The number of aromatic nitrogens is 1. The number of benzene rings is 1. The molecule has 9 heteroatoms. The molecule has 0 aliphatic heterocycles. The van der Waals surface area contributed by atoms with Crippen molar-refractivity contribution in [2.75, 3.05) is 5.32 Å². The molecule has 0 aliphatic rings. The summed E-state index contributed by atoms with van der Waals surface area (Å²) < 4.78 is 27.5. The quantitative estimate of drug-likeness (QED) is 0.375. The van der Waals surface area contributed by atoms with Crippen LogP contribution in [0.25, 0.3) is 0 Å². The van der Waals surface area contributed by atoms with E-state index in [1.807, 2.05) is 5.43 Å². The lowest BCUT2D eigenvalue weighted by molar-refractivity contribution is 0.0954. The minimum Gasteiger partial charge on any atom is -0.352 e. The van der Waals surface area contributed by atoms with E-state index in [1.54, 1.807) is 6.07 Å². The molecule has 0 aliphatic carbocycles. The van der Waals surface area contributed by atoms with E-state index in [-0.39, 0.29) is 22.5 Å². The molecule has 1 amide bonds. The molecule has 0 spiro atoms. The fraction of sp³-hybridized carbons (Fsp3) is 0.0769. The third kappa shape index (κ3) is 3.15. The normalized spacial score (nSPS) is 10.4. The van der Waals surface area contributed by atoms with Gasteiger partial charge in [0.1, 0.15) is 12.5 Å². The highest BCUT2D eigenvalue weighted by Crippen LogP contribution is 2.27. The summed E-state index contributed by atoms with van der Waals surface area (Å²) in [5, 5.41) is 2.57. The predicted octanol–water partition coefficient (Wildman–Crippen LogP) is 2.09. The maximum atomic E-state index is 13.9. The number of hydrazine groups is 1. The van der Waals surface area contributed by atoms with Crippen LogP contribution in [0.5, 0.6) is 0 Å². The lowest BCUT2D eigenvalue weighted by Gasteiger charge is -2.14. The number of halogens is 3. The van der Waals surface area contributed by atoms with Crippen molar-refractivity contribution < 1.29 is 13.6 Å². The molecule has 1 aromatic carbocycles. The third-order valence-electron chi connectivity index (χ3n) is 2.89. The summed E-state index contributed by atoms with van der Waals surface area (Å²) in [6.07, 6.45) is 1.07. The first-order valence-corrected chi connectivity index (χ1v) is 6.80. The van der Waals surface area contributed by atoms with Crippen LogP contribution in [0, 0.1) is 5.82 Å². The van der Waals surface area contributed by atoms with Crippen LogP contribution in [0.3, 0.4) is 0 Å². The minimum atomic E-state index is -1.14. The number of nitrogen functional groups attached to an aromatic ring is 1. The van der Waals surface area contributed by atoms with E-state index in [0.717, 1.165) is 6.20 Å². The van der Waals surface area contributed by atoms with Gasteiger partial charge in [0.25, 0.3) is 11.5 Å². The number of H-pyrrole nitrogens is 1. The monoisotopic (exact) mass is 372 g/mol. The summed E-state index contributed by atoms with van der Waals surface area (Å²) >= 11 is 3.11. The first-order valence-electron chi connectivity index (χ1n) is 6.01. The molecule has 6 nitrogen and oxygen atoms in total. The van der Waals surface area contributed by atoms with Crippen LogP contribution < -0.4 is 22.1 Å². The highest BCUT2D eigenvalue weighted by atomic mass is 79.9. The van der Waals surface area contributed by atoms with E-state index >= 15 is 0 Å². The number of anilines is 2. The number of amides is 1. The lowest BCUT2D eigenvalue weighted by atomic mass is 10.1. The molecule has 116 valence electrons. The van der Waals surface area contributed by atoms with E-state index in [1.165, 1.54) is 12.1 Å². The summed E-state index contributed by atoms with van der Waals surface area (Å²) in [5.74, 6) is 3.65. The summed E-state index contributed by atoms with van der Waals surface area (Å²) in [5.41, 5.74) is 0.545. The first-order chi connectivity index (χ1) is 10.5. The molecule has 0 fully saturated rings. The number of hydrogen-bond acceptors (Lipinski definition) is 4. The number of pyridine rings is 1. The molecule has 0 saturated carbocycles. The van der Waals surface area contributed by atoms with E-state index in [2.05, 4.69) is 26.2 Å². The number of carbonyl (C=O) groups excluding carboxylic acids is 1. The topological polar surface area (TPSA) is 100 Å². The van der Waals surface area contributed by atoms with Crippen molar-refractivity contribution in [2.45, 2.75) is 6.67 Å². The number of aromatic amines is 1. The maximum absolute atomic E-state index is 13.9. The van der Waals surface area contributed by atoms with Crippen molar-refractivity contribution in [3.8, 4) is 0 Å². The van der Waals surface area contributed by atoms with Crippen LogP contribution in [0.15, 0.2) is 33.7 Å². The number of hydrogen-bond donors (Lipinski definition) is 4. The largest absolute Gasteiger partial charge is 0.352 e. The third-order valence-corrected chi connectivity index (χ3v) is 3.39. The number of carbonyl (C=O) groups is 1. The van der Waals surface area contributed by atoms with E-state index in [9.17, 15) is 18.4 Å². The number of alkyl halides is 1. The van der Waals surface area contributed by atoms with Crippen molar-refractivity contribution in [1.29, 1.82) is 0 Å². The molecule has 2 aromatic rings. The zero-order chi connectivity index (χ0) is 16.3. The van der Waals surface area contributed by atoms with Crippen LogP contribution in [0.1, 0.15) is 15.9 Å². The van der Waals surface area contributed by atoms with Crippen LogP contribution in [0.4, 0.5) is 20.2 Å². The molecule has 0 unspecified atom stereocenters. The summed E-state index contributed by atoms with van der Waals surface area (Å²) in [4.78, 5) is 25.6. The Morgan fingerprint density at radius 3 is 2.73 bits per heavy atom. The van der Waals surface area contributed by atoms with Crippen LogP contribution in [0.2, 0.25) is 0 Å². The van der Waals surface area contributed by atoms with Crippen molar-refractivity contribution in [3.05, 3.63) is 56.2 Å². The zero-order valence-corrected chi connectivity index (χ0v) is 12.6. The smallest absolute Gasteiger partial charge is 0.268 e. The van der Waals surface area contributed by atoms with E-state index in [0.29, 0.717) is 4.47 Å². The summed E-state index contributed by atoms with van der Waals surface area (Å²) in [7, 11) is 0. The Morgan fingerprint density at radius 1 is 1.41 bits per heavy atom. The predicted molar refractivity (Wildman–Crippen MR) is 80.9 cm³/mol. The molecule has 22 heavy (non-hydrogen) atoms. The Balaban J connectivity index is 2.59. The Hall–Kier alpha value is -2.26. The van der Waals surface area contributed by atoms with Crippen LogP contribution in [-0.2, 0) is 6.67 Å². The van der Waals surface area contributed by atoms with Gasteiger partial charge in [0.2, 0.25) is 0 Å². The molecule has 1 heterocycles. The number of nitrogens with two attached hydrogens (primary N) is 1. The van der Waals surface area contributed by atoms with Crippen molar-refractivity contribution >= 4 is 33.2 Å². The fourth-order valence-corrected chi connectivity index (χ4v) is 2.16. The van der Waals surface area contributed by atoms with Gasteiger partial charge in [0.15, 0.2) is 0 Å². The van der Waals surface area contributed by atoms with Gasteiger partial charge >= 0.3 is 0 Å². The van der Waals surface area contributed by atoms with E-state index in [4.69, 9.17) is 5.84 Å². The Kier molecular flexibility index (Phi) is 4.88. The Morgan fingerprint density at radius 2 is 2.14 bits per heavy atom. The van der Waals surface area contributed by atoms with Gasteiger partial charge in [0, 0.05) is 10.7 Å². The molecule has 1 aromatic heterocycles. The average Bonchev–Trinajstić information content (AvgIpc) is 2.49. The standard InChI is InChI=1S/C13H11BrF2N4O2/c14-6-1-2-10(9(16)3-6)19-11-7(4-15)12(21)18-5-8(11)13(22)20-17/h1-3,5H,4,17H2,(H,20,22)(H2,18,19,21). The van der Waals surface area contributed by atoms with Gasteiger partial charge in [-0.25, -0.2) is 14.6 Å². The maximum Gasteiger partial charge on any atom is 0.268 e. The number of rotatable bonds is 4. The Labute approximate surface area is 131 Å². The van der Waals surface area contributed by atoms with Crippen molar-refractivity contribution in [3.63, 3.8) is 0 Å². The second-order valence-corrected chi connectivity index (χ2v) is 5.16.